The summed E-state index contributed by atoms with van der Waals surface area (Å²) < 4.78 is 0. The lowest BCUT2D eigenvalue weighted by molar-refractivity contribution is -0.126. The maximum atomic E-state index is 12.5. The van der Waals surface area contributed by atoms with Gasteiger partial charge in [0.1, 0.15) is 0 Å². The van der Waals surface area contributed by atoms with Crippen molar-refractivity contribution in [2.45, 2.75) is 18.9 Å². The summed E-state index contributed by atoms with van der Waals surface area (Å²) in [5.41, 5.74) is 1.54. The maximum absolute atomic E-state index is 12.5. The van der Waals surface area contributed by atoms with Crippen LogP contribution in [0.4, 0.5) is 0 Å². The summed E-state index contributed by atoms with van der Waals surface area (Å²) in [7, 11) is 1.79. The SMILES string of the molecule is CN(C(=O)C#Cc1ccccc1)C1CCN(C(=O)c2ccccc2)CC1. The summed E-state index contributed by atoms with van der Waals surface area (Å²) in [5, 5.41) is 0. The normalized spacial score (nSPS) is 14.3. The lowest BCUT2D eigenvalue weighted by atomic mass is 10.0. The standard InChI is InChI=1S/C22H22N2O2/c1-23(21(25)13-12-18-8-4-2-5-9-18)20-14-16-24(17-15-20)22(26)19-10-6-3-7-11-19/h2-11,20H,14-17H2,1H3. The number of nitrogens with zero attached hydrogens (tertiary/aromatic N) is 2. The Morgan fingerprint density at radius 1 is 0.962 bits per heavy atom. The largest absolute Gasteiger partial charge is 0.338 e. The van der Waals surface area contributed by atoms with Crippen LogP contribution in [0.1, 0.15) is 28.8 Å². The molecule has 0 saturated carbocycles. The van der Waals surface area contributed by atoms with Crippen LogP contribution in [0, 0.1) is 11.8 Å². The lowest BCUT2D eigenvalue weighted by Gasteiger charge is -2.36. The second kappa shape index (κ2) is 8.35. The number of piperidine rings is 1. The molecular weight excluding hydrogens is 324 g/mol. The average Bonchev–Trinajstić information content (AvgIpc) is 2.72. The third-order valence-electron chi connectivity index (χ3n) is 4.73. The first-order valence-corrected chi connectivity index (χ1v) is 8.83. The van der Waals surface area contributed by atoms with Crippen molar-refractivity contribution in [2.75, 3.05) is 20.1 Å². The van der Waals surface area contributed by atoms with Crippen LogP contribution in [0.3, 0.4) is 0 Å². The van der Waals surface area contributed by atoms with Crippen molar-refractivity contribution < 1.29 is 9.59 Å². The van der Waals surface area contributed by atoms with Gasteiger partial charge in [0.2, 0.25) is 0 Å². The minimum atomic E-state index is -0.179. The quantitative estimate of drug-likeness (QED) is 0.785. The molecule has 0 aliphatic carbocycles. The van der Waals surface area contributed by atoms with Crippen molar-refractivity contribution in [3.63, 3.8) is 0 Å². The molecular formula is C22H22N2O2. The van der Waals surface area contributed by atoms with Crippen LogP contribution < -0.4 is 0 Å². The van der Waals surface area contributed by atoms with Crippen molar-refractivity contribution in [3.05, 3.63) is 71.8 Å². The molecule has 1 aliphatic heterocycles. The highest BCUT2D eigenvalue weighted by Crippen LogP contribution is 2.17. The number of carbonyl (C=O) groups excluding carboxylic acids is 2. The molecule has 1 heterocycles. The van der Waals surface area contributed by atoms with Crippen LogP contribution in [-0.2, 0) is 4.79 Å². The molecule has 1 saturated heterocycles. The average molecular weight is 346 g/mol. The fourth-order valence-electron chi connectivity index (χ4n) is 3.12. The minimum Gasteiger partial charge on any atom is -0.338 e. The van der Waals surface area contributed by atoms with Crippen molar-refractivity contribution in [1.29, 1.82) is 0 Å². The molecule has 3 rings (SSSR count). The molecule has 0 radical (unpaired) electrons. The highest BCUT2D eigenvalue weighted by atomic mass is 16.2. The summed E-state index contributed by atoms with van der Waals surface area (Å²) in [6, 6.07) is 18.9. The molecule has 132 valence electrons. The molecule has 4 heteroatoms. The molecule has 2 amide bonds. The zero-order chi connectivity index (χ0) is 18.4. The van der Waals surface area contributed by atoms with Crippen LogP contribution in [0.2, 0.25) is 0 Å². The van der Waals surface area contributed by atoms with Crippen molar-refractivity contribution in [1.82, 2.24) is 9.80 Å². The zero-order valence-corrected chi connectivity index (χ0v) is 14.9. The number of likely N-dealkylation sites (tertiary alicyclic amines) is 1. The summed E-state index contributed by atoms with van der Waals surface area (Å²) in [5.74, 6) is 5.50. The Morgan fingerprint density at radius 3 is 2.15 bits per heavy atom. The number of rotatable bonds is 2. The van der Waals surface area contributed by atoms with E-state index in [1.54, 1.807) is 11.9 Å². The Balaban J connectivity index is 1.55. The molecule has 26 heavy (non-hydrogen) atoms. The first-order chi connectivity index (χ1) is 12.6. The van der Waals surface area contributed by atoms with Gasteiger partial charge in [-0.3, -0.25) is 9.59 Å². The Labute approximate surface area is 154 Å². The molecule has 4 nitrogen and oxygen atoms in total. The van der Waals surface area contributed by atoms with Gasteiger partial charge in [0.25, 0.3) is 11.8 Å². The van der Waals surface area contributed by atoms with Crippen LogP contribution in [0.25, 0.3) is 0 Å². The maximum Gasteiger partial charge on any atom is 0.298 e. The lowest BCUT2D eigenvalue weighted by Crippen LogP contribution is -2.47. The van der Waals surface area contributed by atoms with Gasteiger partial charge in [-0.05, 0) is 37.1 Å². The van der Waals surface area contributed by atoms with Gasteiger partial charge in [-0.25, -0.2) is 0 Å². The number of hydrogen-bond acceptors (Lipinski definition) is 2. The second-order valence-corrected chi connectivity index (χ2v) is 6.42. The van der Waals surface area contributed by atoms with Gasteiger partial charge in [0.05, 0.1) is 0 Å². The van der Waals surface area contributed by atoms with E-state index in [2.05, 4.69) is 11.8 Å². The molecule has 2 aromatic rings. The number of benzene rings is 2. The van der Waals surface area contributed by atoms with E-state index < -0.39 is 0 Å². The second-order valence-electron chi connectivity index (χ2n) is 6.42. The third kappa shape index (κ3) is 4.31. The Morgan fingerprint density at radius 2 is 1.54 bits per heavy atom. The van der Waals surface area contributed by atoms with E-state index in [0.717, 1.165) is 18.4 Å². The van der Waals surface area contributed by atoms with Crippen molar-refractivity contribution in [2.24, 2.45) is 0 Å². The van der Waals surface area contributed by atoms with Gasteiger partial charge < -0.3 is 9.80 Å². The molecule has 2 aromatic carbocycles. The Kier molecular flexibility index (Phi) is 5.70. The van der Waals surface area contributed by atoms with E-state index >= 15 is 0 Å². The fourth-order valence-corrected chi connectivity index (χ4v) is 3.12. The summed E-state index contributed by atoms with van der Waals surface area (Å²) in [4.78, 5) is 28.4. The minimum absolute atomic E-state index is 0.0573. The zero-order valence-electron chi connectivity index (χ0n) is 14.9. The van der Waals surface area contributed by atoms with Crippen LogP contribution in [-0.4, -0.2) is 47.8 Å². The van der Waals surface area contributed by atoms with E-state index in [4.69, 9.17) is 0 Å². The summed E-state index contributed by atoms with van der Waals surface area (Å²) >= 11 is 0. The monoisotopic (exact) mass is 346 g/mol. The van der Waals surface area contributed by atoms with Crippen LogP contribution in [0.5, 0.6) is 0 Å². The molecule has 1 fully saturated rings. The number of carbonyl (C=O) groups is 2. The molecule has 0 bridgehead atoms. The molecule has 0 aromatic heterocycles. The number of amides is 2. The fraction of sp³-hybridized carbons (Fsp3) is 0.273. The van der Waals surface area contributed by atoms with Gasteiger partial charge >= 0.3 is 0 Å². The van der Waals surface area contributed by atoms with E-state index in [0.29, 0.717) is 18.7 Å². The Hall–Kier alpha value is -3.06. The van der Waals surface area contributed by atoms with Gasteiger partial charge in [0.15, 0.2) is 0 Å². The van der Waals surface area contributed by atoms with Crippen LogP contribution in [0.15, 0.2) is 60.7 Å². The van der Waals surface area contributed by atoms with Crippen molar-refractivity contribution in [3.8, 4) is 11.8 Å². The highest BCUT2D eigenvalue weighted by molar-refractivity contribution is 5.95. The summed E-state index contributed by atoms with van der Waals surface area (Å²) in [6.07, 6.45) is 1.54. The van der Waals surface area contributed by atoms with E-state index in [1.165, 1.54) is 0 Å². The number of hydrogen-bond donors (Lipinski definition) is 0. The molecule has 0 N–H and O–H groups in total. The molecule has 1 aliphatic rings. The van der Waals surface area contributed by atoms with Gasteiger partial charge in [-0.2, -0.15) is 0 Å². The molecule has 0 atom stereocenters. The molecule has 0 unspecified atom stereocenters. The van der Waals surface area contributed by atoms with Gasteiger partial charge in [-0.15, -0.1) is 0 Å². The smallest absolute Gasteiger partial charge is 0.298 e. The predicted molar refractivity (Wildman–Crippen MR) is 101 cm³/mol. The van der Waals surface area contributed by atoms with E-state index in [9.17, 15) is 9.59 Å². The van der Waals surface area contributed by atoms with Gasteiger partial charge in [-0.1, -0.05) is 42.3 Å². The summed E-state index contributed by atoms with van der Waals surface area (Å²) in [6.45, 7) is 1.31. The first kappa shape index (κ1) is 17.8. The topological polar surface area (TPSA) is 40.6 Å². The van der Waals surface area contributed by atoms with E-state index in [-0.39, 0.29) is 17.9 Å². The Bertz CT molecular complexity index is 813. The highest BCUT2D eigenvalue weighted by Gasteiger charge is 2.27. The van der Waals surface area contributed by atoms with Gasteiger partial charge in [0, 0.05) is 43.2 Å². The third-order valence-corrected chi connectivity index (χ3v) is 4.73. The van der Waals surface area contributed by atoms with E-state index in [1.807, 2.05) is 65.6 Å². The molecule has 0 spiro atoms. The first-order valence-electron chi connectivity index (χ1n) is 8.83. The van der Waals surface area contributed by atoms with Crippen LogP contribution >= 0.6 is 0 Å². The predicted octanol–water partition coefficient (Wildman–Crippen LogP) is 2.80. The van der Waals surface area contributed by atoms with Crippen molar-refractivity contribution >= 4 is 11.8 Å².